The molecule has 0 heterocycles. The summed E-state index contributed by atoms with van der Waals surface area (Å²) < 4.78 is 5.55. The first-order valence-corrected chi connectivity index (χ1v) is 5.34. The second-order valence-electron chi connectivity index (χ2n) is 3.62. The summed E-state index contributed by atoms with van der Waals surface area (Å²) in [5.41, 5.74) is 0.401. The molecule has 17 heavy (non-hydrogen) atoms. The van der Waals surface area contributed by atoms with Crippen LogP contribution in [0.15, 0.2) is 24.3 Å². The van der Waals surface area contributed by atoms with Gasteiger partial charge in [-0.25, -0.2) is 4.79 Å². The molecule has 0 aromatic heterocycles. The Balaban J connectivity index is 2.72. The molecule has 0 saturated heterocycles. The molecule has 5 heteroatoms. The largest absolute Gasteiger partial charge is 0.491 e. The van der Waals surface area contributed by atoms with Gasteiger partial charge in [-0.3, -0.25) is 4.79 Å². The Kier molecular flexibility index (Phi) is 4.51. The van der Waals surface area contributed by atoms with Crippen molar-refractivity contribution in [3.63, 3.8) is 0 Å². The minimum atomic E-state index is -1.52. The maximum atomic E-state index is 11.0. The Hall–Kier alpha value is -2.04. The number of ether oxygens (including phenoxy) is 1. The molecule has 1 aromatic rings. The van der Waals surface area contributed by atoms with Crippen LogP contribution in [0.1, 0.15) is 20.3 Å². The van der Waals surface area contributed by atoms with Crippen molar-refractivity contribution >= 4 is 17.6 Å². The summed E-state index contributed by atoms with van der Waals surface area (Å²) in [6.45, 7) is 3.93. The number of carboxylic acids is 1. The molecule has 0 aliphatic carbocycles. The van der Waals surface area contributed by atoms with E-state index in [-0.39, 0.29) is 6.10 Å². The van der Waals surface area contributed by atoms with Gasteiger partial charge in [-0.05, 0) is 25.5 Å². The van der Waals surface area contributed by atoms with Crippen LogP contribution in [0, 0.1) is 0 Å². The van der Waals surface area contributed by atoms with Crippen molar-refractivity contribution in [1.82, 2.24) is 0 Å². The maximum Gasteiger partial charge on any atom is 0.394 e. The van der Waals surface area contributed by atoms with E-state index in [0.29, 0.717) is 11.4 Å². The first kappa shape index (κ1) is 13.0. The van der Waals surface area contributed by atoms with Crippen molar-refractivity contribution in [2.75, 3.05) is 5.32 Å². The normalized spacial score (nSPS) is 11.6. The molecule has 1 aromatic carbocycles. The predicted molar refractivity (Wildman–Crippen MR) is 63.1 cm³/mol. The zero-order chi connectivity index (χ0) is 12.8. The molecular weight excluding hydrogens is 222 g/mol. The molecule has 0 aliphatic rings. The summed E-state index contributed by atoms with van der Waals surface area (Å²) in [4.78, 5) is 21.3. The van der Waals surface area contributed by atoms with E-state index >= 15 is 0 Å². The van der Waals surface area contributed by atoms with Crippen LogP contribution in [0.25, 0.3) is 0 Å². The second kappa shape index (κ2) is 5.89. The number of aliphatic carboxylic acids is 1. The van der Waals surface area contributed by atoms with Crippen LogP contribution < -0.4 is 10.1 Å². The lowest BCUT2D eigenvalue weighted by molar-refractivity contribution is -0.147. The molecule has 0 bridgehead atoms. The quantitative estimate of drug-likeness (QED) is 0.784. The summed E-state index contributed by atoms with van der Waals surface area (Å²) in [5.74, 6) is -1.98. The number of carboxylic acid groups (broad SMARTS) is 1. The summed E-state index contributed by atoms with van der Waals surface area (Å²) in [5, 5.41) is 10.7. The van der Waals surface area contributed by atoms with Crippen molar-refractivity contribution in [3.8, 4) is 5.75 Å². The first-order valence-electron chi connectivity index (χ1n) is 5.34. The SMILES string of the molecule is CCC(C)Oc1cccc(NC(=O)C(=O)O)c1. The molecule has 1 unspecified atom stereocenters. The predicted octanol–water partition coefficient (Wildman–Crippen LogP) is 1.89. The van der Waals surface area contributed by atoms with Gasteiger partial charge in [0.15, 0.2) is 0 Å². The summed E-state index contributed by atoms with van der Waals surface area (Å²) >= 11 is 0. The number of hydrogen-bond acceptors (Lipinski definition) is 3. The molecule has 0 aliphatic heterocycles. The zero-order valence-corrected chi connectivity index (χ0v) is 9.77. The van der Waals surface area contributed by atoms with Gasteiger partial charge in [0.25, 0.3) is 0 Å². The topological polar surface area (TPSA) is 75.6 Å². The Bertz CT molecular complexity index is 417. The van der Waals surface area contributed by atoms with Gasteiger partial charge in [0, 0.05) is 11.8 Å². The molecule has 1 amide bonds. The number of anilines is 1. The molecule has 92 valence electrons. The van der Waals surface area contributed by atoms with Gasteiger partial charge < -0.3 is 15.2 Å². The summed E-state index contributed by atoms with van der Waals surface area (Å²) in [6.07, 6.45) is 0.937. The Labute approximate surface area is 99.4 Å². The third kappa shape index (κ3) is 4.14. The van der Waals surface area contributed by atoms with E-state index in [9.17, 15) is 9.59 Å². The van der Waals surface area contributed by atoms with Gasteiger partial charge in [0.1, 0.15) is 5.75 Å². The van der Waals surface area contributed by atoms with Crippen LogP contribution in [-0.4, -0.2) is 23.1 Å². The van der Waals surface area contributed by atoms with E-state index < -0.39 is 11.9 Å². The van der Waals surface area contributed by atoms with Crippen LogP contribution in [0.2, 0.25) is 0 Å². The molecule has 1 atom stereocenters. The Morgan fingerprint density at radius 2 is 2.18 bits per heavy atom. The monoisotopic (exact) mass is 237 g/mol. The van der Waals surface area contributed by atoms with E-state index in [1.807, 2.05) is 13.8 Å². The molecule has 2 N–H and O–H groups in total. The lowest BCUT2D eigenvalue weighted by Crippen LogP contribution is -2.21. The van der Waals surface area contributed by atoms with Crippen LogP contribution in [0.4, 0.5) is 5.69 Å². The fourth-order valence-corrected chi connectivity index (χ4v) is 1.15. The van der Waals surface area contributed by atoms with Gasteiger partial charge in [-0.15, -0.1) is 0 Å². The molecule has 0 fully saturated rings. The summed E-state index contributed by atoms with van der Waals surface area (Å²) in [6, 6.07) is 6.63. The van der Waals surface area contributed by atoms with Gasteiger partial charge in [-0.2, -0.15) is 0 Å². The second-order valence-corrected chi connectivity index (χ2v) is 3.62. The standard InChI is InChI=1S/C12H15NO4/c1-3-8(2)17-10-6-4-5-9(7-10)13-11(14)12(15)16/h4-8H,3H2,1-2H3,(H,13,14)(H,15,16). The zero-order valence-electron chi connectivity index (χ0n) is 9.77. The van der Waals surface area contributed by atoms with E-state index in [2.05, 4.69) is 5.32 Å². The average Bonchev–Trinajstić information content (AvgIpc) is 2.29. The van der Waals surface area contributed by atoms with Crippen molar-refractivity contribution in [1.29, 1.82) is 0 Å². The fourth-order valence-electron chi connectivity index (χ4n) is 1.15. The number of amides is 1. The lowest BCUT2D eigenvalue weighted by Gasteiger charge is -2.13. The number of carbonyl (C=O) groups excluding carboxylic acids is 1. The highest BCUT2D eigenvalue weighted by atomic mass is 16.5. The molecule has 0 saturated carbocycles. The van der Waals surface area contributed by atoms with E-state index in [1.54, 1.807) is 24.3 Å². The number of rotatable bonds is 4. The Morgan fingerprint density at radius 1 is 1.47 bits per heavy atom. The summed E-state index contributed by atoms with van der Waals surface area (Å²) in [7, 11) is 0. The van der Waals surface area contributed by atoms with Crippen LogP contribution in [-0.2, 0) is 9.59 Å². The van der Waals surface area contributed by atoms with Crippen LogP contribution in [0.3, 0.4) is 0 Å². The third-order valence-corrected chi connectivity index (χ3v) is 2.20. The minimum Gasteiger partial charge on any atom is -0.491 e. The maximum absolute atomic E-state index is 11.0. The van der Waals surface area contributed by atoms with E-state index in [0.717, 1.165) is 6.42 Å². The van der Waals surface area contributed by atoms with Gasteiger partial charge in [0.2, 0.25) is 0 Å². The first-order chi connectivity index (χ1) is 8.02. The number of nitrogens with one attached hydrogen (secondary N) is 1. The van der Waals surface area contributed by atoms with Gasteiger partial charge in [0.05, 0.1) is 6.10 Å². The van der Waals surface area contributed by atoms with Crippen molar-refractivity contribution in [2.24, 2.45) is 0 Å². The van der Waals surface area contributed by atoms with Crippen LogP contribution in [0.5, 0.6) is 5.75 Å². The molecule has 5 nitrogen and oxygen atoms in total. The highest BCUT2D eigenvalue weighted by Crippen LogP contribution is 2.19. The molecular formula is C12H15NO4. The van der Waals surface area contributed by atoms with Crippen molar-refractivity contribution in [2.45, 2.75) is 26.4 Å². The lowest BCUT2D eigenvalue weighted by atomic mass is 10.2. The fraction of sp³-hybridized carbons (Fsp3) is 0.333. The van der Waals surface area contributed by atoms with Crippen molar-refractivity contribution < 1.29 is 19.4 Å². The molecule has 1 rings (SSSR count). The van der Waals surface area contributed by atoms with Crippen molar-refractivity contribution in [3.05, 3.63) is 24.3 Å². The van der Waals surface area contributed by atoms with Gasteiger partial charge >= 0.3 is 11.9 Å². The Morgan fingerprint density at radius 3 is 2.76 bits per heavy atom. The molecule has 0 radical (unpaired) electrons. The number of benzene rings is 1. The number of hydrogen-bond donors (Lipinski definition) is 2. The highest BCUT2D eigenvalue weighted by Gasteiger charge is 2.11. The van der Waals surface area contributed by atoms with E-state index in [1.165, 1.54) is 0 Å². The van der Waals surface area contributed by atoms with E-state index in [4.69, 9.17) is 9.84 Å². The van der Waals surface area contributed by atoms with Gasteiger partial charge in [-0.1, -0.05) is 13.0 Å². The smallest absolute Gasteiger partial charge is 0.394 e. The minimum absolute atomic E-state index is 0.0698. The average molecular weight is 237 g/mol. The molecule has 0 spiro atoms. The highest BCUT2D eigenvalue weighted by molar-refractivity contribution is 6.36. The third-order valence-electron chi connectivity index (χ3n) is 2.20. The number of carbonyl (C=O) groups is 2. The van der Waals surface area contributed by atoms with Crippen LogP contribution >= 0.6 is 0 Å².